The molecule has 1 aliphatic heterocycles. The lowest BCUT2D eigenvalue weighted by atomic mass is 10.3. The van der Waals surface area contributed by atoms with Crippen molar-refractivity contribution >= 4 is 5.95 Å². The van der Waals surface area contributed by atoms with Crippen LogP contribution in [-0.4, -0.2) is 49.0 Å². The smallest absolute Gasteiger partial charge is 0.226 e. The van der Waals surface area contributed by atoms with Crippen LogP contribution in [0.25, 0.3) is 0 Å². The summed E-state index contributed by atoms with van der Waals surface area (Å²) >= 11 is 0. The maximum Gasteiger partial charge on any atom is 0.226 e. The lowest BCUT2D eigenvalue weighted by Crippen LogP contribution is -2.26. The minimum absolute atomic E-state index is 0.137. The molecule has 6 heteroatoms. The standard InChI is InChI=1S/C12H19N3O3/c1-9(7-18-10-4-6-17-8-10)14-12-13-5-3-11(15-12)16-2/h3,5,9-10H,4,6-8H2,1-2H3,(H,13,14,15). The Labute approximate surface area is 107 Å². The molecule has 0 amide bonds. The van der Waals surface area contributed by atoms with Crippen molar-refractivity contribution in [2.24, 2.45) is 0 Å². The number of nitrogens with zero attached hydrogens (tertiary/aromatic N) is 2. The summed E-state index contributed by atoms with van der Waals surface area (Å²) in [6, 6.07) is 1.85. The average Bonchev–Trinajstić information content (AvgIpc) is 2.90. The van der Waals surface area contributed by atoms with Gasteiger partial charge in [0.25, 0.3) is 0 Å². The predicted molar refractivity (Wildman–Crippen MR) is 66.8 cm³/mol. The first-order valence-electron chi connectivity index (χ1n) is 6.11. The van der Waals surface area contributed by atoms with Gasteiger partial charge in [-0.3, -0.25) is 0 Å². The Hall–Kier alpha value is -1.40. The van der Waals surface area contributed by atoms with E-state index in [2.05, 4.69) is 15.3 Å². The fourth-order valence-electron chi connectivity index (χ4n) is 1.71. The van der Waals surface area contributed by atoms with Gasteiger partial charge in [0.1, 0.15) is 0 Å². The fraction of sp³-hybridized carbons (Fsp3) is 0.667. The Bertz CT molecular complexity index is 369. The molecule has 0 spiro atoms. The topological polar surface area (TPSA) is 65.5 Å². The monoisotopic (exact) mass is 253 g/mol. The van der Waals surface area contributed by atoms with E-state index in [0.29, 0.717) is 25.0 Å². The number of nitrogens with one attached hydrogen (secondary N) is 1. The molecule has 0 aliphatic carbocycles. The molecule has 0 bridgehead atoms. The first-order valence-corrected chi connectivity index (χ1v) is 6.11. The quantitative estimate of drug-likeness (QED) is 0.818. The van der Waals surface area contributed by atoms with Gasteiger partial charge in [0.05, 0.1) is 26.4 Å². The summed E-state index contributed by atoms with van der Waals surface area (Å²) in [5.74, 6) is 1.10. The van der Waals surface area contributed by atoms with E-state index in [1.165, 1.54) is 0 Å². The van der Waals surface area contributed by atoms with Gasteiger partial charge in [0, 0.05) is 24.9 Å². The van der Waals surface area contributed by atoms with E-state index in [1.807, 2.05) is 6.92 Å². The molecule has 1 aliphatic rings. The summed E-state index contributed by atoms with van der Waals surface area (Å²) in [5, 5.41) is 3.17. The van der Waals surface area contributed by atoms with Gasteiger partial charge in [-0.25, -0.2) is 4.98 Å². The van der Waals surface area contributed by atoms with Crippen LogP contribution in [0.15, 0.2) is 12.3 Å². The van der Waals surface area contributed by atoms with E-state index in [-0.39, 0.29) is 12.1 Å². The van der Waals surface area contributed by atoms with Gasteiger partial charge in [-0.05, 0) is 13.3 Å². The Morgan fingerprint density at radius 2 is 2.50 bits per heavy atom. The predicted octanol–water partition coefficient (Wildman–Crippen LogP) is 1.09. The van der Waals surface area contributed by atoms with Gasteiger partial charge in [-0.2, -0.15) is 4.98 Å². The van der Waals surface area contributed by atoms with Crippen LogP contribution in [0.5, 0.6) is 5.88 Å². The third-order valence-corrected chi connectivity index (χ3v) is 2.68. The number of ether oxygens (including phenoxy) is 3. The second kappa shape index (κ2) is 6.51. The summed E-state index contributed by atoms with van der Waals surface area (Å²) in [4.78, 5) is 8.31. The van der Waals surface area contributed by atoms with Crippen LogP contribution < -0.4 is 10.1 Å². The number of methoxy groups -OCH3 is 1. The highest BCUT2D eigenvalue weighted by Gasteiger charge is 2.17. The summed E-state index contributed by atoms with van der Waals surface area (Å²) in [7, 11) is 1.58. The normalized spacial score (nSPS) is 20.7. The minimum Gasteiger partial charge on any atom is -0.481 e. The molecular formula is C12H19N3O3. The molecule has 2 heterocycles. The van der Waals surface area contributed by atoms with Gasteiger partial charge in [0.15, 0.2) is 0 Å². The fourth-order valence-corrected chi connectivity index (χ4v) is 1.71. The van der Waals surface area contributed by atoms with Crippen molar-refractivity contribution in [2.75, 3.05) is 32.2 Å². The highest BCUT2D eigenvalue weighted by atomic mass is 16.5. The van der Waals surface area contributed by atoms with E-state index in [0.717, 1.165) is 13.0 Å². The molecule has 6 nitrogen and oxygen atoms in total. The van der Waals surface area contributed by atoms with Crippen LogP contribution in [0.1, 0.15) is 13.3 Å². The minimum atomic E-state index is 0.137. The molecule has 1 aromatic heterocycles. The zero-order valence-electron chi connectivity index (χ0n) is 10.8. The van der Waals surface area contributed by atoms with Crippen LogP contribution in [0.2, 0.25) is 0 Å². The van der Waals surface area contributed by atoms with Gasteiger partial charge >= 0.3 is 0 Å². The second-order valence-electron chi connectivity index (χ2n) is 4.29. The Morgan fingerprint density at radius 3 is 3.22 bits per heavy atom. The number of anilines is 1. The Kier molecular flexibility index (Phi) is 4.72. The number of rotatable bonds is 6. The number of hydrogen-bond donors (Lipinski definition) is 1. The second-order valence-corrected chi connectivity index (χ2v) is 4.29. The summed E-state index contributed by atoms with van der Waals surface area (Å²) in [6.07, 6.45) is 2.86. The molecule has 1 saturated heterocycles. The molecule has 1 N–H and O–H groups in total. The Balaban J connectivity index is 1.76. The molecule has 0 saturated carbocycles. The van der Waals surface area contributed by atoms with Gasteiger partial charge in [-0.15, -0.1) is 0 Å². The van der Waals surface area contributed by atoms with Crippen molar-refractivity contribution in [3.63, 3.8) is 0 Å². The zero-order valence-corrected chi connectivity index (χ0v) is 10.8. The SMILES string of the molecule is COc1ccnc(NC(C)COC2CCOC2)n1. The Morgan fingerprint density at radius 1 is 1.61 bits per heavy atom. The van der Waals surface area contributed by atoms with E-state index in [9.17, 15) is 0 Å². The first-order chi connectivity index (χ1) is 8.78. The van der Waals surface area contributed by atoms with Crippen LogP contribution in [0, 0.1) is 0 Å². The van der Waals surface area contributed by atoms with E-state index in [1.54, 1.807) is 19.4 Å². The van der Waals surface area contributed by atoms with Crippen molar-refractivity contribution < 1.29 is 14.2 Å². The molecule has 2 rings (SSSR count). The maximum absolute atomic E-state index is 5.72. The van der Waals surface area contributed by atoms with Gasteiger partial charge in [-0.1, -0.05) is 0 Å². The van der Waals surface area contributed by atoms with E-state index >= 15 is 0 Å². The molecule has 18 heavy (non-hydrogen) atoms. The van der Waals surface area contributed by atoms with Gasteiger partial charge in [0.2, 0.25) is 11.8 Å². The largest absolute Gasteiger partial charge is 0.481 e. The van der Waals surface area contributed by atoms with Crippen molar-refractivity contribution in [1.82, 2.24) is 9.97 Å². The average molecular weight is 253 g/mol. The first kappa shape index (κ1) is 13.0. The molecular weight excluding hydrogens is 234 g/mol. The van der Waals surface area contributed by atoms with Crippen LogP contribution in [-0.2, 0) is 9.47 Å². The zero-order chi connectivity index (χ0) is 12.8. The van der Waals surface area contributed by atoms with Crippen LogP contribution >= 0.6 is 0 Å². The van der Waals surface area contributed by atoms with Crippen molar-refractivity contribution in [2.45, 2.75) is 25.5 Å². The molecule has 1 fully saturated rings. The third-order valence-electron chi connectivity index (χ3n) is 2.68. The van der Waals surface area contributed by atoms with Crippen molar-refractivity contribution in [3.05, 3.63) is 12.3 Å². The lowest BCUT2D eigenvalue weighted by Gasteiger charge is -2.16. The number of hydrogen-bond acceptors (Lipinski definition) is 6. The number of aromatic nitrogens is 2. The summed E-state index contributed by atoms with van der Waals surface area (Å²) in [6.45, 7) is 4.13. The summed E-state index contributed by atoms with van der Waals surface area (Å²) < 4.78 is 16.0. The molecule has 0 aromatic carbocycles. The highest BCUT2D eigenvalue weighted by Crippen LogP contribution is 2.11. The molecule has 0 radical (unpaired) electrons. The van der Waals surface area contributed by atoms with Crippen LogP contribution in [0.3, 0.4) is 0 Å². The summed E-state index contributed by atoms with van der Waals surface area (Å²) in [5.41, 5.74) is 0. The van der Waals surface area contributed by atoms with Crippen molar-refractivity contribution in [3.8, 4) is 5.88 Å². The van der Waals surface area contributed by atoms with Gasteiger partial charge < -0.3 is 19.5 Å². The van der Waals surface area contributed by atoms with E-state index < -0.39 is 0 Å². The highest BCUT2D eigenvalue weighted by molar-refractivity contribution is 5.28. The maximum atomic E-state index is 5.72. The molecule has 2 atom stereocenters. The molecule has 100 valence electrons. The van der Waals surface area contributed by atoms with Crippen LogP contribution in [0.4, 0.5) is 5.95 Å². The van der Waals surface area contributed by atoms with Crippen molar-refractivity contribution in [1.29, 1.82) is 0 Å². The third kappa shape index (κ3) is 3.82. The lowest BCUT2D eigenvalue weighted by molar-refractivity contribution is 0.0394. The van der Waals surface area contributed by atoms with E-state index in [4.69, 9.17) is 14.2 Å². The molecule has 2 unspecified atom stereocenters. The molecule has 1 aromatic rings.